The van der Waals surface area contributed by atoms with Crippen molar-refractivity contribution in [2.75, 3.05) is 13.1 Å². The van der Waals surface area contributed by atoms with Crippen LogP contribution in [0.4, 0.5) is 8.78 Å². The van der Waals surface area contributed by atoms with Gasteiger partial charge in [-0.15, -0.1) is 0 Å². The molecule has 1 fully saturated rings. The fraction of sp³-hybridized carbons (Fsp3) is 0.333. The van der Waals surface area contributed by atoms with Gasteiger partial charge in [-0.25, -0.2) is 8.78 Å². The zero-order valence-corrected chi connectivity index (χ0v) is 14.0. The molecule has 0 atom stereocenters. The van der Waals surface area contributed by atoms with Crippen molar-refractivity contribution in [1.29, 1.82) is 0 Å². The number of amides is 2. The molecular weight excluding hydrogens is 344 g/mol. The first kappa shape index (κ1) is 18.1. The molecule has 3 N–H and O–H groups in total. The Morgan fingerprint density at radius 3 is 2.62 bits per heavy atom. The third kappa shape index (κ3) is 3.91. The molecule has 0 saturated carbocycles. The number of hydrogen-bond donors (Lipinski definition) is 3. The summed E-state index contributed by atoms with van der Waals surface area (Å²) < 4.78 is 31.6. The number of rotatable bonds is 5. The average molecular weight is 363 g/mol. The second kappa shape index (κ2) is 7.65. The summed E-state index contributed by atoms with van der Waals surface area (Å²) in [5, 5.41) is 8.58. The average Bonchev–Trinajstić information content (AvgIpc) is 3.16. The largest absolute Gasteiger partial charge is 0.472 e. The molecule has 1 aliphatic rings. The number of hydrogen-bond acceptors (Lipinski definition) is 4. The van der Waals surface area contributed by atoms with Gasteiger partial charge in [0.25, 0.3) is 5.91 Å². The lowest BCUT2D eigenvalue weighted by molar-refractivity contribution is -0.128. The van der Waals surface area contributed by atoms with Crippen molar-refractivity contribution in [2.24, 2.45) is 0 Å². The number of piperidine rings is 1. The lowest BCUT2D eigenvalue weighted by Gasteiger charge is -2.36. The van der Waals surface area contributed by atoms with Crippen LogP contribution in [0, 0.1) is 11.6 Å². The monoisotopic (exact) mass is 363 g/mol. The number of nitrogens with one attached hydrogen (secondary N) is 3. The molecule has 8 heteroatoms. The highest BCUT2D eigenvalue weighted by molar-refractivity contribution is 5.99. The predicted molar refractivity (Wildman–Crippen MR) is 89.2 cm³/mol. The minimum atomic E-state index is -1.10. The third-order valence-corrected chi connectivity index (χ3v) is 4.48. The molecule has 0 unspecified atom stereocenters. The van der Waals surface area contributed by atoms with Crippen LogP contribution < -0.4 is 16.0 Å². The maximum Gasteiger partial charge on any atom is 0.255 e. The Kier molecular flexibility index (Phi) is 5.32. The standard InChI is InChI=1S/C18H19F2N3O3/c19-14-2-1-12(15(20)9-14)10-22-17(25)18(4-6-21-7-5-18)23-16(24)13-3-8-26-11-13/h1-3,8-9,11,21H,4-7,10H2,(H,22,25)(H,23,24). The van der Waals surface area contributed by atoms with Crippen molar-refractivity contribution in [3.63, 3.8) is 0 Å². The van der Waals surface area contributed by atoms with Crippen molar-refractivity contribution in [2.45, 2.75) is 24.9 Å². The molecule has 1 aromatic carbocycles. The summed E-state index contributed by atoms with van der Waals surface area (Å²) in [6.07, 6.45) is 3.47. The van der Waals surface area contributed by atoms with Crippen molar-refractivity contribution in [3.8, 4) is 0 Å². The van der Waals surface area contributed by atoms with Crippen LogP contribution in [0.3, 0.4) is 0 Å². The molecule has 138 valence electrons. The topological polar surface area (TPSA) is 83.4 Å². The number of halogens is 2. The first-order valence-electron chi connectivity index (χ1n) is 8.28. The van der Waals surface area contributed by atoms with Crippen LogP contribution in [-0.4, -0.2) is 30.4 Å². The van der Waals surface area contributed by atoms with Crippen LogP contribution in [-0.2, 0) is 11.3 Å². The van der Waals surface area contributed by atoms with Gasteiger partial charge in [-0.1, -0.05) is 6.07 Å². The van der Waals surface area contributed by atoms with E-state index in [2.05, 4.69) is 16.0 Å². The highest BCUT2D eigenvalue weighted by Crippen LogP contribution is 2.20. The smallest absolute Gasteiger partial charge is 0.255 e. The van der Waals surface area contributed by atoms with Gasteiger partial charge < -0.3 is 20.4 Å². The molecule has 1 aliphatic heterocycles. The van der Waals surface area contributed by atoms with E-state index in [1.54, 1.807) is 0 Å². The van der Waals surface area contributed by atoms with Crippen LogP contribution in [0.2, 0.25) is 0 Å². The molecule has 1 saturated heterocycles. The van der Waals surface area contributed by atoms with E-state index in [0.29, 0.717) is 31.5 Å². The Balaban J connectivity index is 1.72. The van der Waals surface area contributed by atoms with Gasteiger partial charge in [-0.3, -0.25) is 9.59 Å². The fourth-order valence-electron chi connectivity index (χ4n) is 2.96. The zero-order chi connectivity index (χ0) is 18.6. The fourth-order valence-corrected chi connectivity index (χ4v) is 2.96. The van der Waals surface area contributed by atoms with Gasteiger partial charge in [0.15, 0.2) is 0 Å². The van der Waals surface area contributed by atoms with Crippen LogP contribution in [0.15, 0.2) is 41.2 Å². The molecule has 0 radical (unpaired) electrons. The van der Waals surface area contributed by atoms with E-state index in [1.807, 2.05) is 0 Å². The maximum absolute atomic E-state index is 13.8. The normalized spacial score (nSPS) is 16.1. The summed E-state index contributed by atoms with van der Waals surface area (Å²) in [5.41, 5.74) is -0.610. The van der Waals surface area contributed by atoms with Gasteiger partial charge in [0, 0.05) is 18.2 Å². The minimum absolute atomic E-state index is 0.0955. The second-order valence-electron chi connectivity index (χ2n) is 6.22. The molecular formula is C18H19F2N3O3. The van der Waals surface area contributed by atoms with Gasteiger partial charge in [0.1, 0.15) is 23.4 Å². The summed E-state index contributed by atoms with van der Waals surface area (Å²) >= 11 is 0. The molecule has 2 amide bonds. The Morgan fingerprint density at radius 2 is 1.96 bits per heavy atom. The van der Waals surface area contributed by atoms with E-state index in [0.717, 1.165) is 12.1 Å². The maximum atomic E-state index is 13.8. The summed E-state index contributed by atoms with van der Waals surface area (Å²) in [4.78, 5) is 25.2. The summed E-state index contributed by atoms with van der Waals surface area (Å²) in [6.45, 7) is 1.02. The van der Waals surface area contributed by atoms with Gasteiger partial charge in [-0.05, 0) is 38.1 Å². The molecule has 0 bridgehead atoms. The number of benzene rings is 1. The lowest BCUT2D eigenvalue weighted by atomic mass is 9.86. The van der Waals surface area contributed by atoms with E-state index in [1.165, 1.54) is 24.7 Å². The first-order valence-corrected chi connectivity index (χ1v) is 8.28. The van der Waals surface area contributed by atoms with Crippen LogP contribution in [0.5, 0.6) is 0 Å². The van der Waals surface area contributed by atoms with E-state index in [-0.39, 0.29) is 12.1 Å². The molecule has 0 spiro atoms. The Labute approximate surface area is 149 Å². The number of furan rings is 1. The SMILES string of the molecule is O=C(NC1(C(=O)NCc2ccc(F)cc2F)CCNCC1)c1ccoc1. The first-order chi connectivity index (χ1) is 12.5. The molecule has 0 aliphatic carbocycles. The van der Waals surface area contributed by atoms with Crippen molar-refractivity contribution in [1.82, 2.24) is 16.0 Å². The summed E-state index contributed by atoms with van der Waals surface area (Å²) in [5.74, 6) is -2.23. The Hall–Kier alpha value is -2.74. The quantitative estimate of drug-likeness (QED) is 0.756. The Bertz CT molecular complexity index is 787. The molecule has 2 heterocycles. The van der Waals surface area contributed by atoms with Crippen molar-refractivity contribution < 1.29 is 22.8 Å². The summed E-state index contributed by atoms with van der Waals surface area (Å²) in [6, 6.07) is 4.69. The number of carbonyl (C=O) groups is 2. The Morgan fingerprint density at radius 1 is 1.19 bits per heavy atom. The minimum Gasteiger partial charge on any atom is -0.472 e. The van der Waals surface area contributed by atoms with Crippen LogP contribution >= 0.6 is 0 Å². The van der Waals surface area contributed by atoms with E-state index >= 15 is 0 Å². The van der Waals surface area contributed by atoms with E-state index in [9.17, 15) is 18.4 Å². The number of carbonyl (C=O) groups excluding carboxylic acids is 2. The highest BCUT2D eigenvalue weighted by Gasteiger charge is 2.41. The van der Waals surface area contributed by atoms with Crippen molar-refractivity contribution in [3.05, 3.63) is 59.6 Å². The molecule has 2 aromatic rings. The van der Waals surface area contributed by atoms with E-state index < -0.39 is 29.0 Å². The predicted octanol–water partition coefficient (Wildman–Crippen LogP) is 1.73. The third-order valence-electron chi connectivity index (χ3n) is 4.48. The summed E-state index contributed by atoms with van der Waals surface area (Å²) in [7, 11) is 0. The zero-order valence-electron chi connectivity index (χ0n) is 14.0. The van der Waals surface area contributed by atoms with Crippen molar-refractivity contribution >= 4 is 11.8 Å². The van der Waals surface area contributed by atoms with Gasteiger partial charge in [0.05, 0.1) is 11.8 Å². The van der Waals surface area contributed by atoms with Gasteiger partial charge in [0.2, 0.25) is 5.91 Å². The van der Waals surface area contributed by atoms with Crippen LogP contribution in [0.1, 0.15) is 28.8 Å². The van der Waals surface area contributed by atoms with Gasteiger partial charge in [-0.2, -0.15) is 0 Å². The molecule has 6 nitrogen and oxygen atoms in total. The van der Waals surface area contributed by atoms with E-state index in [4.69, 9.17) is 4.42 Å². The van der Waals surface area contributed by atoms with Gasteiger partial charge >= 0.3 is 0 Å². The lowest BCUT2D eigenvalue weighted by Crippen LogP contribution is -2.62. The molecule has 1 aromatic heterocycles. The highest BCUT2D eigenvalue weighted by atomic mass is 19.1. The molecule has 3 rings (SSSR count). The molecule has 26 heavy (non-hydrogen) atoms. The second-order valence-corrected chi connectivity index (χ2v) is 6.22. The van der Waals surface area contributed by atoms with Crippen LogP contribution in [0.25, 0.3) is 0 Å².